The molecule has 3 nitrogen and oxygen atoms in total. The van der Waals surface area contributed by atoms with Crippen LogP contribution in [0, 0.1) is 5.41 Å². The Kier molecular flexibility index (Phi) is 2.58. The van der Waals surface area contributed by atoms with Crippen molar-refractivity contribution in [2.24, 2.45) is 0 Å². The van der Waals surface area contributed by atoms with Gasteiger partial charge in [0, 0.05) is 5.56 Å². The Hall–Kier alpha value is -1.64. The summed E-state index contributed by atoms with van der Waals surface area (Å²) < 4.78 is 4.92. The standard InChI is InChI=1S/C9H9NO2/c1-12-8-4-2-7(3-5-8)9(10)6-11/h2-6,10H,1H3. The highest BCUT2D eigenvalue weighted by molar-refractivity contribution is 6.34. The van der Waals surface area contributed by atoms with Crippen molar-refractivity contribution in [1.29, 1.82) is 5.41 Å². The van der Waals surface area contributed by atoms with Gasteiger partial charge in [-0.25, -0.2) is 0 Å². The summed E-state index contributed by atoms with van der Waals surface area (Å²) in [6, 6.07) is 6.78. The Morgan fingerprint density at radius 1 is 1.42 bits per heavy atom. The molecular formula is C9H9NO2. The fourth-order valence-corrected chi connectivity index (χ4v) is 0.839. The van der Waals surface area contributed by atoms with E-state index in [2.05, 4.69) is 0 Å². The van der Waals surface area contributed by atoms with Gasteiger partial charge in [-0.3, -0.25) is 10.2 Å². The van der Waals surface area contributed by atoms with E-state index in [9.17, 15) is 4.79 Å². The average Bonchev–Trinajstić information content (AvgIpc) is 2.17. The molecule has 3 heteroatoms. The summed E-state index contributed by atoms with van der Waals surface area (Å²) in [6.07, 6.45) is 0.516. The van der Waals surface area contributed by atoms with Crippen molar-refractivity contribution in [1.82, 2.24) is 0 Å². The molecule has 0 bridgehead atoms. The molecule has 0 aromatic heterocycles. The first kappa shape index (κ1) is 8.46. The molecule has 0 amide bonds. The molecular weight excluding hydrogens is 154 g/mol. The molecule has 0 radical (unpaired) electrons. The number of aldehydes is 1. The van der Waals surface area contributed by atoms with Gasteiger partial charge >= 0.3 is 0 Å². The van der Waals surface area contributed by atoms with Crippen LogP contribution in [0.3, 0.4) is 0 Å². The molecule has 0 atom stereocenters. The van der Waals surface area contributed by atoms with Gasteiger partial charge in [0.25, 0.3) is 0 Å². The zero-order valence-electron chi connectivity index (χ0n) is 6.70. The van der Waals surface area contributed by atoms with E-state index in [0.29, 0.717) is 11.8 Å². The van der Waals surface area contributed by atoms with Crippen LogP contribution in [0.1, 0.15) is 5.56 Å². The maximum Gasteiger partial charge on any atom is 0.168 e. The normalized spacial score (nSPS) is 9.08. The number of rotatable bonds is 3. The molecule has 0 aliphatic carbocycles. The lowest BCUT2D eigenvalue weighted by atomic mass is 10.1. The second kappa shape index (κ2) is 3.67. The van der Waals surface area contributed by atoms with Gasteiger partial charge in [-0.05, 0) is 24.3 Å². The van der Waals surface area contributed by atoms with E-state index in [1.165, 1.54) is 0 Å². The lowest BCUT2D eigenvalue weighted by molar-refractivity contribution is -0.102. The van der Waals surface area contributed by atoms with Gasteiger partial charge in [0.1, 0.15) is 11.5 Å². The zero-order valence-corrected chi connectivity index (χ0v) is 6.70. The molecule has 0 aliphatic rings. The molecule has 62 valence electrons. The first-order chi connectivity index (χ1) is 5.77. The van der Waals surface area contributed by atoms with Gasteiger partial charge in [0.15, 0.2) is 6.29 Å². The van der Waals surface area contributed by atoms with Crippen LogP contribution in [0.25, 0.3) is 0 Å². The number of hydrogen-bond acceptors (Lipinski definition) is 3. The van der Waals surface area contributed by atoms with Crippen molar-refractivity contribution < 1.29 is 9.53 Å². The highest BCUT2D eigenvalue weighted by Gasteiger charge is 1.98. The molecule has 1 aromatic rings. The molecule has 0 unspecified atom stereocenters. The van der Waals surface area contributed by atoms with E-state index in [4.69, 9.17) is 10.1 Å². The topological polar surface area (TPSA) is 50.1 Å². The Balaban J connectivity index is 2.91. The van der Waals surface area contributed by atoms with Crippen LogP contribution in [0.2, 0.25) is 0 Å². The molecule has 0 fully saturated rings. The molecule has 0 aliphatic heterocycles. The molecule has 12 heavy (non-hydrogen) atoms. The summed E-state index contributed by atoms with van der Waals surface area (Å²) in [5.41, 5.74) is 0.587. The quantitative estimate of drug-likeness (QED) is 0.538. The summed E-state index contributed by atoms with van der Waals surface area (Å²) >= 11 is 0. The number of carbonyl (C=O) groups excluding carboxylic acids is 1. The van der Waals surface area contributed by atoms with Crippen molar-refractivity contribution in [2.75, 3.05) is 7.11 Å². The van der Waals surface area contributed by atoms with Gasteiger partial charge in [-0.15, -0.1) is 0 Å². The van der Waals surface area contributed by atoms with Crippen molar-refractivity contribution in [3.05, 3.63) is 29.8 Å². The smallest absolute Gasteiger partial charge is 0.168 e. The van der Waals surface area contributed by atoms with Crippen LogP contribution in [0.4, 0.5) is 0 Å². The summed E-state index contributed by atoms with van der Waals surface area (Å²) in [5.74, 6) is 0.720. The first-order valence-corrected chi connectivity index (χ1v) is 3.46. The van der Waals surface area contributed by atoms with Crippen LogP contribution in [-0.2, 0) is 4.79 Å². The SMILES string of the molecule is COc1ccc(C(=N)C=O)cc1. The summed E-state index contributed by atoms with van der Waals surface area (Å²) in [7, 11) is 1.57. The molecule has 0 saturated carbocycles. The third kappa shape index (κ3) is 1.69. The molecule has 0 spiro atoms. The number of methoxy groups -OCH3 is 1. The molecule has 1 rings (SSSR count). The van der Waals surface area contributed by atoms with Crippen LogP contribution < -0.4 is 4.74 Å². The number of benzene rings is 1. The van der Waals surface area contributed by atoms with E-state index < -0.39 is 0 Å². The van der Waals surface area contributed by atoms with E-state index >= 15 is 0 Å². The minimum Gasteiger partial charge on any atom is -0.497 e. The van der Waals surface area contributed by atoms with E-state index in [0.717, 1.165) is 5.75 Å². The first-order valence-electron chi connectivity index (χ1n) is 3.46. The predicted molar refractivity (Wildman–Crippen MR) is 45.9 cm³/mol. The number of nitrogens with one attached hydrogen (secondary N) is 1. The van der Waals surface area contributed by atoms with Gasteiger partial charge < -0.3 is 4.74 Å². The summed E-state index contributed by atoms with van der Waals surface area (Å²) in [4.78, 5) is 10.2. The summed E-state index contributed by atoms with van der Waals surface area (Å²) in [5, 5.41) is 7.20. The monoisotopic (exact) mass is 163 g/mol. The Morgan fingerprint density at radius 3 is 2.42 bits per heavy atom. The van der Waals surface area contributed by atoms with Crippen LogP contribution in [-0.4, -0.2) is 19.1 Å². The van der Waals surface area contributed by atoms with Crippen LogP contribution >= 0.6 is 0 Å². The summed E-state index contributed by atoms with van der Waals surface area (Å²) in [6.45, 7) is 0. The average molecular weight is 163 g/mol. The number of ether oxygens (including phenoxy) is 1. The number of hydrogen-bond donors (Lipinski definition) is 1. The second-order valence-electron chi connectivity index (χ2n) is 2.26. The molecule has 0 heterocycles. The highest BCUT2D eigenvalue weighted by Crippen LogP contribution is 2.10. The number of carbonyl (C=O) groups is 1. The maximum atomic E-state index is 10.2. The largest absolute Gasteiger partial charge is 0.497 e. The van der Waals surface area contributed by atoms with E-state index in [1.54, 1.807) is 31.4 Å². The fraction of sp³-hybridized carbons (Fsp3) is 0.111. The lowest BCUT2D eigenvalue weighted by Gasteiger charge is -1.99. The zero-order chi connectivity index (χ0) is 8.97. The van der Waals surface area contributed by atoms with Crippen LogP contribution in [0.15, 0.2) is 24.3 Å². The van der Waals surface area contributed by atoms with Crippen molar-refractivity contribution >= 4 is 12.0 Å². The van der Waals surface area contributed by atoms with Gasteiger partial charge in [-0.2, -0.15) is 0 Å². The van der Waals surface area contributed by atoms with Gasteiger partial charge in [-0.1, -0.05) is 0 Å². The second-order valence-corrected chi connectivity index (χ2v) is 2.26. The van der Waals surface area contributed by atoms with Gasteiger partial charge in [0.2, 0.25) is 0 Å². The Bertz CT molecular complexity index is 290. The molecule has 1 aromatic carbocycles. The third-order valence-corrected chi connectivity index (χ3v) is 1.52. The van der Waals surface area contributed by atoms with Crippen molar-refractivity contribution in [3.8, 4) is 5.75 Å². The molecule has 1 N–H and O–H groups in total. The minimum atomic E-state index is -0.0161. The van der Waals surface area contributed by atoms with Crippen LogP contribution in [0.5, 0.6) is 5.75 Å². The Labute approximate surface area is 70.5 Å². The third-order valence-electron chi connectivity index (χ3n) is 1.52. The fourth-order valence-electron chi connectivity index (χ4n) is 0.839. The maximum absolute atomic E-state index is 10.2. The Morgan fingerprint density at radius 2 is 2.00 bits per heavy atom. The lowest BCUT2D eigenvalue weighted by Crippen LogP contribution is -1.98. The highest BCUT2D eigenvalue weighted by atomic mass is 16.5. The van der Waals surface area contributed by atoms with Crippen molar-refractivity contribution in [2.45, 2.75) is 0 Å². The minimum absolute atomic E-state index is 0.0161. The van der Waals surface area contributed by atoms with Crippen molar-refractivity contribution in [3.63, 3.8) is 0 Å². The predicted octanol–water partition coefficient (Wildman–Crippen LogP) is 1.26. The van der Waals surface area contributed by atoms with E-state index in [1.807, 2.05) is 0 Å². The van der Waals surface area contributed by atoms with E-state index in [-0.39, 0.29) is 5.71 Å². The molecule has 0 saturated heterocycles. The van der Waals surface area contributed by atoms with Gasteiger partial charge in [0.05, 0.1) is 7.11 Å².